The molecule has 0 aliphatic heterocycles. The van der Waals surface area contributed by atoms with Gasteiger partial charge in [0.15, 0.2) is 0 Å². The number of ether oxygens (including phenoxy) is 2. The molecule has 5 heteroatoms. The first-order valence-corrected chi connectivity index (χ1v) is 7.84. The van der Waals surface area contributed by atoms with Gasteiger partial charge in [0.1, 0.15) is 0 Å². The van der Waals surface area contributed by atoms with Crippen molar-refractivity contribution in [3.63, 3.8) is 0 Å². The van der Waals surface area contributed by atoms with Crippen molar-refractivity contribution in [3.05, 3.63) is 77.4 Å². The molecule has 0 spiro atoms. The van der Waals surface area contributed by atoms with E-state index >= 15 is 0 Å². The SMILES string of the molecule is CCOC(=O)/C(=C\c1ccccc1)C(O)(C(=O)OC)c1ccccc1. The number of rotatable bonds is 6. The molecule has 0 radical (unpaired) electrons. The quantitative estimate of drug-likeness (QED) is 0.646. The molecule has 2 aromatic rings. The lowest BCUT2D eigenvalue weighted by Gasteiger charge is -2.27. The second-order valence-corrected chi connectivity index (χ2v) is 5.26. The minimum Gasteiger partial charge on any atom is -0.466 e. The molecule has 0 aromatic heterocycles. The summed E-state index contributed by atoms with van der Waals surface area (Å²) in [4.78, 5) is 25.0. The maximum atomic E-state index is 12.5. The highest BCUT2D eigenvalue weighted by molar-refractivity contribution is 6.04. The largest absolute Gasteiger partial charge is 0.466 e. The smallest absolute Gasteiger partial charge is 0.347 e. The van der Waals surface area contributed by atoms with Crippen LogP contribution in [0.2, 0.25) is 0 Å². The third kappa shape index (κ3) is 3.95. The standard InChI is InChI=1S/C20H20O5/c1-3-25-18(21)17(14-15-10-6-4-7-11-15)20(23,19(22)24-2)16-12-8-5-9-13-16/h4-14,23H,3H2,1-2H3/b17-14+. The van der Waals surface area contributed by atoms with E-state index in [9.17, 15) is 14.7 Å². The Hall–Kier alpha value is -2.92. The van der Waals surface area contributed by atoms with Gasteiger partial charge in [-0.25, -0.2) is 9.59 Å². The van der Waals surface area contributed by atoms with Crippen LogP contribution >= 0.6 is 0 Å². The molecule has 2 rings (SSSR count). The highest BCUT2D eigenvalue weighted by Crippen LogP contribution is 2.33. The number of hydrogen-bond donors (Lipinski definition) is 1. The van der Waals surface area contributed by atoms with Crippen LogP contribution in [0, 0.1) is 0 Å². The molecule has 0 aliphatic rings. The Kier molecular flexibility index (Phi) is 6.08. The molecule has 1 N–H and O–H groups in total. The zero-order valence-corrected chi connectivity index (χ0v) is 14.1. The van der Waals surface area contributed by atoms with Gasteiger partial charge < -0.3 is 14.6 Å². The van der Waals surface area contributed by atoms with Crippen molar-refractivity contribution in [1.29, 1.82) is 0 Å². The number of benzene rings is 2. The Morgan fingerprint density at radius 1 is 1.04 bits per heavy atom. The Bertz CT molecular complexity index is 752. The minimum absolute atomic E-state index is 0.108. The van der Waals surface area contributed by atoms with Crippen LogP contribution < -0.4 is 0 Å². The molecule has 1 unspecified atom stereocenters. The molecule has 0 saturated heterocycles. The summed E-state index contributed by atoms with van der Waals surface area (Å²) in [5.74, 6) is -1.75. The predicted octanol–water partition coefficient (Wildman–Crippen LogP) is 2.69. The van der Waals surface area contributed by atoms with Crippen LogP contribution in [-0.4, -0.2) is 30.8 Å². The molecule has 1 atom stereocenters. The second kappa shape index (κ2) is 8.26. The topological polar surface area (TPSA) is 72.8 Å². The summed E-state index contributed by atoms with van der Waals surface area (Å²) in [5, 5.41) is 11.2. The van der Waals surface area contributed by atoms with Crippen molar-refractivity contribution in [2.75, 3.05) is 13.7 Å². The van der Waals surface area contributed by atoms with Crippen molar-refractivity contribution < 1.29 is 24.2 Å². The van der Waals surface area contributed by atoms with Crippen molar-refractivity contribution in [1.82, 2.24) is 0 Å². The summed E-state index contributed by atoms with van der Waals surface area (Å²) < 4.78 is 9.84. The van der Waals surface area contributed by atoms with Crippen LogP contribution in [0.5, 0.6) is 0 Å². The van der Waals surface area contributed by atoms with E-state index in [1.54, 1.807) is 61.5 Å². The van der Waals surface area contributed by atoms with Crippen LogP contribution in [0.15, 0.2) is 66.2 Å². The van der Waals surface area contributed by atoms with E-state index in [0.717, 1.165) is 7.11 Å². The first kappa shape index (κ1) is 18.4. The van der Waals surface area contributed by atoms with Gasteiger partial charge in [-0.3, -0.25) is 0 Å². The highest BCUT2D eigenvalue weighted by atomic mass is 16.5. The van der Waals surface area contributed by atoms with E-state index in [4.69, 9.17) is 9.47 Å². The molecule has 5 nitrogen and oxygen atoms in total. The van der Waals surface area contributed by atoms with Crippen molar-refractivity contribution >= 4 is 18.0 Å². The minimum atomic E-state index is -2.28. The zero-order chi connectivity index (χ0) is 18.3. The van der Waals surface area contributed by atoms with Crippen molar-refractivity contribution in [2.24, 2.45) is 0 Å². The van der Waals surface area contributed by atoms with Crippen LogP contribution in [0.4, 0.5) is 0 Å². The van der Waals surface area contributed by atoms with Crippen molar-refractivity contribution in [3.8, 4) is 0 Å². The van der Waals surface area contributed by atoms with Gasteiger partial charge in [-0.15, -0.1) is 0 Å². The predicted molar refractivity (Wildman–Crippen MR) is 93.4 cm³/mol. The molecular weight excluding hydrogens is 320 g/mol. The van der Waals surface area contributed by atoms with Gasteiger partial charge in [0.05, 0.1) is 19.3 Å². The van der Waals surface area contributed by atoms with Gasteiger partial charge in [0.2, 0.25) is 5.60 Å². The van der Waals surface area contributed by atoms with Crippen LogP contribution in [0.25, 0.3) is 6.08 Å². The number of carbonyl (C=O) groups excluding carboxylic acids is 2. The molecule has 130 valence electrons. The molecule has 0 fully saturated rings. The molecule has 0 amide bonds. The molecular formula is C20H20O5. The molecule has 0 bridgehead atoms. The second-order valence-electron chi connectivity index (χ2n) is 5.26. The monoisotopic (exact) mass is 340 g/mol. The normalized spacial score (nSPS) is 13.6. The first-order chi connectivity index (χ1) is 12.0. The number of hydrogen-bond acceptors (Lipinski definition) is 5. The van der Waals surface area contributed by atoms with E-state index < -0.39 is 17.5 Å². The summed E-state index contributed by atoms with van der Waals surface area (Å²) in [6.07, 6.45) is 1.43. The maximum Gasteiger partial charge on any atom is 0.347 e. The Morgan fingerprint density at radius 3 is 2.12 bits per heavy atom. The average molecular weight is 340 g/mol. The summed E-state index contributed by atoms with van der Waals surface area (Å²) in [7, 11) is 1.15. The van der Waals surface area contributed by atoms with Gasteiger partial charge in [-0.1, -0.05) is 60.7 Å². The number of esters is 2. The fourth-order valence-electron chi connectivity index (χ4n) is 2.45. The number of carbonyl (C=O) groups is 2. The Labute approximate surface area is 146 Å². The van der Waals surface area contributed by atoms with E-state index in [-0.39, 0.29) is 17.7 Å². The van der Waals surface area contributed by atoms with Crippen LogP contribution in [0.3, 0.4) is 0 Å². The van der Waals surface area contributed by atoms with E-state index in [2.05, 4.69) is 0 Å². The molecule has 2 aromatic carbocycles. The third-order valence-corrected chi connectivity index (χ3v) is 3.67. The zero-order valence-electron chi connectivity index (χ0n) is 14.1. The lowest BCUT2D eigenvalue weighted by molar-refractivity contribution is -0.163. The fourth-order valence-corrected chi connectivity index (χ4v) is 2.45. The highest BCUT2D eigenvalue weighted by Gasteiger charge is 2.47. The molecule has 0 aliphatic carbocycles. The van der Waals surface area contributed by atoms with Gasteiger partial charge >= 0.3 is 11.9 Å². The first-order valence-electron chi connectivity index (χ1n) is 7.84. The number of aliphatic hydroxyl groups is 1. The van der Waals surface area contributed by atoms with Crippen LogP contribution in [-0.2, 0) is 24.7 Å². The molecule has 0 saturated carbocycles. The number of methoxy groups -OCH3 is 1. The maximum absolute atomic E-state index is 12.5. The average Bonchev–Trinajstić information content (AvgIpc) is 2.66. The van der Waals surface area contributed by atoms with Crippen LogP contribution in [0.1, 0.15) is 18.1 Å². The van der Waals surface area contributed by atoms with E-state index in [1.807, 2.05) is 6.07 Å². The Balaban J connectivity index is 2.68. The van der Waals surface area contributed by atoms with Gasteiger partial charge in [0.25, 0.3) is 0 Å². The Morgan fingerprint density at radius 2 is 1.60 bits per heavy atom. The van der Waals surface area contributed by atoms with E-state index in [0.29, 0.717) is 5.56 Å². The third-order valence-electron chi connectivity index (χ3n) is 3.67. The molecule has 0 heterocycles. The lowest BCUT2D eigenvalue weighted by atomic mass is 9.84. The van der Waals surface area contributed by atoms with Crippen molar-refractivity contribution in [2.45, 2.75) is 12.5 Å². The fraction of sp³-hybridized carbons (Fsp3) is 0.200. The molecule has 25 heavy (non-hydrogen) atoms. The summed E-state index contributed by atoms with van der Waals surface area (Å²) >= 11 is 0. The lowest BCUT2D eigenvalue weighted by Crippen LogP contribution is -2.42. The summed E-state index contributed by atoms with van der Waals surface area (Å²) in [6, 6.07) is 17.1. The van der Waals surface area contributed by atoms with E-state index in [1.165, 1.54) is 6.08 Å². The summed E-state index contributed by atoms with van der Waals surface area (Å²) in [6.45, 7) is 1.76. The summed E-state index contributed by atoms with van der Waals surface area (Å²) in [5.41, 5.74) is -1.63. The van der Waals surface area contributed by atoms with Gasteiger partial charge in [0, 0.05) is 0 Å². The van der Waals surface area contributed by atoms with Gasteiger partial charge in [-0.05, 0) is 24.1 Å². The van der Waals surface area contributed by atoms with Gasteiger partial charge in [-0.2, -0.15) is 0 Å².